The SMILES string of the molecule is O=S(=O)(c1ccc2c(c1)CCN2Cc1ncc(-c2ccccc2)o1)N1CCCCC1. The molecule has 2 aliphatic heterocycles. The molecule has 3 aromatic rings. The minimum absolute atomic E-state index is 0.410. The highest BCUT2D eigenvalue weighted by molar-refractivity contribution is 7.89. The first-order valence-electron chi connectivity index (χ1n) is 10.5. The Morgan fingerprint density at radius 2 is 1.77 bits per heavy atom. The molecule has 2 aliphatic rings. The number of rotatable bonds is 5. The second-order valence-electron chi connectivity index (χ2n) is 7.91. The maximum atomic E-state index is 13.0. The minimum atomic E-state index is -3.40. The van der Waals surface area contributed by atoms with Gasteiger partial charge >= 0.3 is 0 Å². The molecule has 0 unspecified atom stereocenters. The highest BCUT2D eigenvalue weighted by Gasteiger charge is 2.28. The van der Waals surface area contributed by atoms with Crippen molar-refractivity contribution in [2.75, 3.05) is 24.5 Å². The lowest BCUT2D eigenvalue weighted by Gasteiger charge is -2.26. The van der Waals surface area contributed by atoms with Crippen molar-refractivity contribution >= 4 is 15.7 Å². The summed E-state index contributed by atoms with van der Waals surface area (Å²) in [5.74, 6) is 1.42. The Labute approximate surface area is 177 Å². The average Bonchev–Trinajstić information content (AvgIpc) is 3.42. The summed E-state index contributed by atoms with van der Waals surface area (Å²) in [4.78, 5) is 7.05. The molecule has 5 rings (SSSR count). The van der Waals surface area contributed by atoms with E-state index in [1.54, 1.807) is 16.6 Å². The third kappa shape index (κ3) is 3.63. The van der Waals surface area contributed by atoms with Crippen LogP contribution in [0.15, 0.2) is 64.0 Å². The highest BCUT2D eigenvalue weighted by atomic mass is 32.2. The van der Waals surface area contributed by atoms with Gasteiger partial charge in [0.2, 0.25) is 15.9 Å². The van der Waals surface area contributed by atoms with Crippen LogP contribution >= 0.6 is 0 Å². The summed E-state index contributed by atoms with van der Waals surface area (Å²) >= 11 is 0. The maximum absolute atomic E-state index is 13.0. The van der Waals surface area contributed by atoms with Crippen LogP contribution in [-0.2, 0) is 23.0 Å². The summed E-state index contributed by atoms with van der Waals surface area (Å²) in [6.07, 6.45) is 5.58. The summed E-state index contributed by atoms with van der Waals surface area (Å²) in [5.41, 5.74) is 3.14. The number of hydrogen-bond acceptors (Lipinski definition) is 5. The highest BCUT2D eigenvalue weighted by Crippen LogP contribution is 2.33. The van der Waals surface area contributed by atoms with Gasteiger partial charge in [0.05, 0.1) is 17.6 Å². The van der Waals surface area contributed by atoms with Crippen LogP contribution in [0.5, 0.6) is 0 Å². The van der Waals surface area contributed by atoms with Crippen molar-refractivity contribution in [1.29, 1.82) is 0 Å². The predicted octanol–water partition coefficient (Wildman–Crippen LogP) is 4.08. The van der Waals surface area contributed by atoms with Gasteiger partial charge in [0, 0.05) is 30.9 Å². The number of anilines is 1. The lowest BCUT2D eigenvalue weighted by atomic mass is 10.2. The molecule has 2 aromatic carbocycles. The molecule has 0 saturated carbocycles. The van der Waals surface area contributed by atoms with E-state index in [2.05, 4.69) is 9.88 Å². The smallest absolute Gasteiger partial charge is 0.243 e. The van der Waals surface area contributed by atoms with E-state index in [1.165, 1.54) is 0 Å². The number of aromatic nitrogens is 1. The largest absolute Gasteiger partial charge is 0.439 e. The Hall–Kier alpha value is -2.64. The lowest BCUT2D eigenvalue weighted by molar-refractivity contribution is 0.346. The first kappa shape index (κ1) is 19.3. The lowest BCUT2D eigenvalue weighted by Crippen LogP contribution is -2.35. The monoisotopic (exact) mass is 423 g/mol. The van der Waals surface area contributed by atoms with Gasteiger partial charge in [-0.3, -0.25) is 0 Å². The molecule has 1 saturated heterocycles. The molecule has 6 nitrogen and oxygen atoms in total. The number of fused-ring (bicyclic) bond motifs is 1. The molecule has 0 spiro atoms. The molecule has 0 N–H and O–H groups in total. The molecule has 0 aliphatic carbocycles. The molecular formula is C23H25N3O3S. The fourth-order valence-electron chi connectivity index (χ4n) is 4.31. The molecule has 3 heterocycles. The molecule has 1 aromatic heterocycles. The topological polar surface area (TPSA) is 66.7 Å². The van der Waals surface area contributed by atoms with Crippen molar-refractivity contribution in [3.8, 4) is 11.3 Å². The average molecular weight is 424 g/mol. The number of benzene rings is 2. The van der Waals surface area contributed by atoms with Gasteiger partial charge in [-0.2, -0.15) is 4.31 Å². The number of nitrogens with zero attached hydrogens (tertiary/aromatic N) is 3. The normalized spacial score (nSPS) is 17.3. The number of sulfonamides is 1. The van der Waals surface area contributed by atoms with Crippen LogP contribution in [0.3, 0.4) is 0 Å². The van der Waals surface area contributed by atoms with Gasteiger partial charge in [-0.25, -0.2) is 13.4 Å². The van der Waals surface area contributed by atoms with Crippen LogP contribution in [-0.4, -0.2) is 37.3 Å². The second kappa shape index (κ2) is 7.89. The molecular weight excluding hydrogens is 398 g/mol. The van der Waals surface area contributed by atoms with Crippen LogP contribution in [0.4, 0.5) is 5.69 Å². The van der Waals surface area contributed by atoms with Crippen molar-refractivity contribution < 1.29 is 12.8 Å². The summed E-state index contributed by atoms with van der Waals surface area (Å²) in [6.45, 7) is 2.64. The molecule has 0 atom stereocenters. The van der Waals surface area contributed by atoms with Crippen molar-refractivity contribution in [3.05, 3.63) is 66.2 Å². The van der Waals surface area contributed by atoms with Gasteiger partial charge in [0.15, 0.2) is 5.76 Å². The van der Waals surface area contributed by atoms with E-state index in [4.69, 9.17) is 4.42 Å². The number of hydrogen-bond donors (Lipinski definition) is 0. The van der Waals surface area contributed by atoms with Crippen LogP contribution in [0.25, 0.3) is 11.3 Å². The van der Waals surface area contributed by atoms with Gasteiger partial charge in [0.1, 0.15) is 0 Å². The van der Waals surface area contributed by atoms with Gasteiger partial charge in [-0.05, 0) is 43.0 Å². The number of piperidine rings is 1. The van der Waals surface area contributed by atoms with Crippen LogP contribution < -0.4 is 4.90 Å². The second-order valence-corrected chi connectivity index (χ2v) is 9.85. The summed E-state index contributed by atoms with van der Waals surface area (Å²) in [6, 6.07) is 15.4. The Kier molecular flexibility index (Phi) is 5.08. The Morgan fingerprint density at radius 1 is 0.967 bits per heavy atom. The molecule has 30 heavy (non-hydrogen) atoms. The quantitative estimate of drug-likeness (QED) is 0.619. The summed E-state index contributed by atoms with van der Waals surface area (Å²) in [5, 5.41) is 0. The molecule has 0 amide bonds. The van der Waals surface area contributed by atoms with Crippen molar-refractivity contribution in [3.63, 3.8) is 0 Å². The number of oxazole rings is 1. The van der Waals surface area contributed by atoms with Gasteiger partial charge in [-0.15, -0.1) is 0 Å². The van der Waals surface area contributed by atoms with E-state index >= 15 is 0 Å². The Balaban J connectivity index is 1.34. The fourth-order valence-corrected chi connectivity index (χ4v) is 5.88. The predicted molar refractivity (Wildman–Crippen MR) is 116 cm³/mol. The van der Waals surface area contributed by atoms with Crippen LogP contribution in [0.2, 0.25) is 0 Å². The maximum Gasteiger partial charge on any atom is 0.243 e. The van der Waals surface area contributed by atoms with E-state index in [-0.39, 0.29) is 0 Å². The summed E-state index contributed by atoms with van der Waals surface area (Å²) in [7, 11) is -3.40. The minimum Gasteiger partial charge on any atom is -0.439 e. The van der Waals surface area contributed by atoms with E-state index in [1.807, 2.05) is 42.5 Å². The van der Waals surface area contributed by atoms with Gasteiger partial charge < -0.3 is 9.32 Å². The standard InChI is InChI=1S/C23H25N3O3S/c27-30(28,26-12-5-2-6-13-26)20-9-10-21-19(15-20)11-14-25(21)17-23-24-16-22(29-23)18-7-3-1-4-8-18/h1,3-4,7-10,15-16H,2,5-6,11-14,17H2. The Morgan fingerprint density at radius 3 is 2.57 bits per heavy atom. The van der Waals surface area contributed by atoms with Crippen molar-refractivity contribution in [2.24, 2.45) is 0 Å². The van der Waals surface area contributed by atoms with Gasteiger partial charge in [0.25, 0.3) is 0 Å². The zero-order valence-electron chi connectivity index (χ0n) is 16.8. The zero-order chi connectivity index (χ0) is 20.6. The third-order valence-corrected chi connectivity index (χ3v) is 7.83. The first-order chi connectivity index (χ1) is 14.6. The molecule has 0 radical (unpaired) electrons. The molecule has 1 fully saturated rings. The van der Waals surface area contributed by atoms with Crippen molar-refractivity contribution in [2.45, 2.75) is 37.1 Å². The molecule has 156 valence electrons. The van der Waals surface area contributed by atoms with Crippen molar-refractivity contribution in [1.82, 2.24) is 9.29 Å². The molecule has 0 bridgehead atoms. The van der Waals surface area contributed by atoms with E-state index in [0.717, 1.165) is 54.8 Å². The third-order valence-electron chi connectivity index (χ3n) is 5.93. The zero-order valence-corrected chi connectivity index (χ0v) is 17.6. The molecule has 7 heteroatoms. The van der Waals surface area contributed by atoms with E-state index in [0.29, 0.717) is 30.4 Å². The van der Waals surface area contributed by atoms with Crippen LogP contribution in [0, 0.1) is 0 Å². The van der Waals surface area contributed by atoms with Gasteiger partial charge in [-0.1, -0.05) is 36.8 Å². The Bertz CT molecular complexity index is 1140. The fraction of sp³-hybridized carbons (Fsp3) is 0.348. The first-order valence-corrected chi connectivity index (χ1v) is 11.9. The van der Waals surface area contributed by atoms with E-state index in [9.17, 15) is 8.42 Å². The van der Waals surface area contributed by atoms with E-state index < -0.39 is 10.0 Å². The van der Waals surface area contributed by atoms with Crippen LogP contribution in [0.1, 0.15) is 30.7 Å². The summed E-state index contributed by atoms with van der Waals surface area (Å²) < 4.78 is 33.5.